The lowest BCUT2D eigenvalue weighted by Gasteiger charge is -2.21. The minimum atomic E-state index is -0.0328. The summed E-state index contributed by atoms with van der Waals surface area (Å²) in [6.45, 7) is 5.86. The Kier molecular flexibility index (Phi) is 8.08. The van der Waals surface area contributed by atoms with Gasteiger partial charge in [0.2, 0.25) is 0 Å². The lowest BCUT2D eigenvalue weighted by atomic mass is 10.1. The van der Waals surface area contributed by atoms with Crippen LogP contribution in [0.5, 0.6) is 0 Å². The van der Waals surface area contributed by atoms with Crippen molar-refractivity contribution in [1.29, 1.82) is 0 Å². The molecule has 2 aromatic rings. The van der Waals surface area contributed by atoms with Crippen LogP contribution in [-0.4, -0.2) is 32.1 Å². The minimum Gasteiger partial charge on any atom is -0.399 e. The van der Waals surface area contributed by atoms with Gasteiger partial charge in [-0.3, -0.25) is 4.79 Å². The van der Waals surface area contributed by atoms with Crippen molar-refractivity contribution >= 4 is 23.2 Å². The molecular formula is C23H30N2O2. The van der Waals surface area contributed by atoms with E-state index in [4.69, 9.17) is 10.5 Å². The summed E-state index contributed by atoms with van der Waals surface area (Å²) < 4.78 is 5.81. The van der Waals surface area contributed by atoms with Crippen LogP contribution < -0.4 is 10.6 Å². The van der Waals surface area contributed by atoms with Crippen molar-refractivity contribution in [2.45, 2.75) is 32.8 Å². The van der Waals surface area contributed by atoms with E-state index in [-0.39, 0.29) is 5.78 Å². The van der Waals surface area contributed by atoms with Gasteiger partial charge >= 0.3 is 0 Å². The van der Waals surface area contributed by atoms with Gasteiger partial charge < -0.3 is 15.4 Å². The second-order valence-corrected chi connectivity index (χ2v) is 6.80. The normalized spacial score (nSPS) is 12.3. The Morgan fingerprint density at radius 1 is 1.15 bits per heavy atom. The van der Waals surface area contributed by atoms with Crippen molar-refractivity contribution in [3.8, 4) is 0 Å². The van der Waals surface area contributed by atoms with Crippen LogP contribution in [0.15, 0.2) is 54.6 Å². The fraction of sp³-hybridized carbons (Fsp3) is 0.348. The first-order valence-corrected chi connectivity index (χ1v) is 9.50. The van der Waals surface area contributed by atoms with E-state index in [9.17, 15) is 4.79 Å². The predicted molar refractivity (Wildman–Crippen MR) is 114 cm³/mol. The zero-order chi connectivity index (χ0) is 19.6. The molecule has 0 amide bonds. The van der Waals surface area contributed by atoms with Crippen molar-refractivity contribution in [3.05, 3.63) is 65.7 Å². The Bertz CT molecular complexity index is 736. The molecule has 0 heterocycles. The molecular weight excluding hydrogens is 336 g/mol. The molecule has 0 aliphatic heterocycles. The number of benzene rings is 2. The van der Waals surface area contributed by atoms with Crippen molar-refractivity contribution in [2.75, 3.05) is 30.8 Å². The highest BCUT2D eigenvalue weighted by molar-refractivity contribution is 6.06. The van der Waals surface area contributed by atoms with Crippen LogP contribution in [-0.2, 0) is 4.74 Å². The number of allylic oxidation sites excluding steroid dienone is 1. The number of nitrogen functional groups attached to an aromatic ring is 1. The first-order valence-electron chi connectivity index (χ1n) is 9.50. The number of rotatable bonds is 10. The van der Waals surface area contributed by atoms with Gasteiger partial charge in [-0.25, -0.2) is 0 Å². The first-order chi connectivity index (χ1) is 13.0. The Balaban J connectivity index is 1.86. The van der Waals surface area contributed by atoms with E-state index in [1.165, 1.54) is 0 Å². The van der Waals surface area contributed by atoms with Crippen molar-refractivity contribution in [3.63, 3.8) is 0 Å². The fourth-order valence-corrected chi connectivity index (χ4v) is 2.77. The molecule has 0 fully saturated rings. The summed E-state index contributed by atoms with van der Waals surface area (Å²) in [5.41, 5.74) is 9.05. The van der Waals surface area contributed by atoms with Crippen LogP contribution in [0.4, 0.5) is 11.4 Å². The van der Waals surface area contributed by atoms with Crippen LogP contribution in [0.1, 0.15) is 42.6 Å². The molecule has 0 bridgehead atoms. The number of anilines is 2. The van der Waals surface area contributed by atoms with Gasteiger partial charge in [-0.2, -0.15) is 0 Å². The van der Waals surface area contributed by atoms with E-state index in [1.54, 1.807) is 30.3 Å². The molecule has 0 aliphatic carbocycles. The molecule has 0 aromatic heterocycles. The molecule has 2 N–H and O–H groups in total. The number of ketones is 1. The van der Waals surface area contributed by atoms with Gasteiger partial charge in [-0.1, -0.05) is 31.6 Å². The second-order valence-electron chi connectivity index (χ2n) is 6.80. The minimum absolute atomic E-state index is 0.0328. The molecule has 2 rings (SSSR count). The summed E-state index contributed by atoms with van der Waals surface area (Å²) in [5, 5.41) is 0. The van der Waals surface area contributed by atoms with Gasteiger partial charge in [0.25, 0.3) is 0 Å². The van der Waals surface area contributed by atoms with E-state index in [2.05, 4.69) is 37.9 Å². The molecule has 0 saturated heterocycles. The number of hydrogen-bond acceptors (Lipinski definition) is 4. The number of nitrogens with zero attached hydrogens (tertiary/aromatic N) is 1. The van der Waals surface area contributed by atoms with Crippen LogP contribution in [0, 0.1) is 0 Å². The topological polar surface area (TPSA) is 55.6 Å². The molecule has 144 valence electrons. The highest BCUT2D eigenvalue weighted by Crippen LogP contribution is 2.15. The largest absolute Gasteiger partial charge is 0.399 e. The van der Waals surface area contributed by atoms with Gasteiger partial charge in [0.05, 0.1) is 12.7 Å². The van der Waals surface area contributed by atoms with E-state index in [0.717, 1.165) is 37.2 Å². The predicted octanol–water partition coefficient (Wildman–Crippen LogP) is 4.81. The van der Waals surface area contributed by atoms with Gasteiger partial charge in [0.1, 0.15) is 0 Å². The number of hydrogen-bond donors (Lipinski definition) is 1. The maximum absolute atomic E-state index is 12.2. The van der Waals surface area contributed by atoms with Gasteiger partial charge in [-0.15, -0.1) is 0 Å². The second kappa shape index (κ2) is 10.5. The molecule has 27 heavy (non-hydrogen) atoms. The summed E-state index contributed by atoms with van der Waals surface area (Å²) in [7, 11) is 2.06. The average Bonchev–Trinajstić information content (AvgIpc) is 2.67. The summed E-state index contributed by atoms with van der Waals surface area (Å²) >= 11 is 0. The number of carbonyl (C=O) groups is 1. The van der Waals surface area contributed by atoms with Crippen LogP contribution in [0.25, 0.3) is 6.08 Å². The molecule has 1 unspecified atom stereocenters. The summed E-state index contributed by atoms with van der Waals surface area (Å²) in [6, 6.07) is 15.1. The SMILES string of the molecule is CCCC(C)OCCN(C)c1ccc(/C=C/C(=O)c2ccc(N)cc2)cc1. The quantitative estimate of drug-likeness (QED) is 0.372. The highest BCUT2D eigenvalue weighted by atomic mass is 16.5. The molecule has 0 radical (unpaired) electrons. The van der Waals surface area contributed by atoms with Crippen LogP contribution >= 0.6 is 0 Å². The fourth-order valence-electron chi connectivity index (χ4n) is 2.77. The Hall–Kier alpha value is -2.59. The molecule has 0 saturated carbocycles. The van der Waals surface area contributed by atoms with E-state index in [0.29, 0.717) is 17.4 Å². The molecule has 0 spiro atoms. The van der Waals surface area contributed by atoms with Crippen LogP contribution in [0.2, 0.25) is 0 Å². The highest BCUT2D eigenvalue weighted by Gasteiger charge is 2.04. The number of likely N-dealkylation sites (N-methyl/N-ethyl adjacent to an activating group) is 1. The molecule has 4 nitrogen and oxygen atoms in total. The maximum atomic E-state index is 12.2. The Morgan fingerprint density at radius 3 is 2.44 bits per heavy atom. The van der Waals surface area contributed by atoms with Crippen molar-refractivity contribution in [2.24, 2.45) is 0 Å². The van der Waals surface area contributed by atoms with E-state index < -0.39 is 0 Å². The number of ether oxygens (including phenoxy) is 1. The summed E-state index contributed by atoms with van der Waals surface area (Å²) in [6.07, 6.45) is 5.98. The lowest BCUT2D eigenvalue weighted by molar-refractivity contribution is 0.0651. The third-order valence-corrected chi connectivity index (χ3v) is 4.48. The zero-order valence-corrected chi connectivity index (χ0v) is 16.5. The molecule has 4 heteroatoms. The van der Waals surface area contributed by atoms with E-state index in [1.807, 2.05) is 18.2 Å². The molecule has 2 aromatic carbocycles. The van der Waals surface area contributed by atoms with Gasteiger partial charge in [0.15, 0.2) is 5.78 Å². The maximum Gasteiger partial charge on any atom is 0.185 e. The number of nitrogens with two attached hydrogens (primary N) is 1. The summed E-state index contributed by atoms with van der Waals surface area (Å²) in [5.74, 6) is -0.0328. The molecule has 0 aliphatic rings. The standard InChI is InChI=1S/C23H30N2O2/c1-4-5-18(2)27-17-16-25(3)22-13-6-19(7-14-22)8-15-23(26)20-9-11-21(24)12-10-20/h6-15,18H,4-5,16-17,24H2,1-3H3/b15-8+. The molecule has 1 atom stereocenters. The smallest absolute Gasteiger partial charge is 0.185 e. The van der Waals surface area contributed by atoms with E-state index >= 15 is 0 Å². The third-order valence-electron chi connectivity index (χ3n) is 4.48. The Morgan fingerprint density at radius 2 is 1.81 bits per heavy atom. The monoisotopic (exact) mass is 366 g/mol. The Labute approximate surface area is 162 Å². The first kappa shape index (κ1) is 20.7. The number of carbonyl (C=O) groups excluding carboxylic acids is 1. The van der Waals surface area contributed by atoms with Crippen LogP contribution in [0.3, 0.4) is 0 Å². The van der Waals surface area contributed by atoms with Crippen molar-refractivity contribution in [1.82, 2.24) is 0 Å². The average molecular weight is 367 g/mol. The van der Waals surface area contributed by atoms with Gasteiger partial charge in [0, 0.05) is 30.5 Å². The third kappa shape index (κ3) is 6.91. The summed E-state index contributed by atoms with van der Waals surface area (Å²) in [4.78, 5) is 14.3. The zero-order valence-electron chi connectivity index (χ0n) is 16.5. The lowest BCUT2D eigenvalue weighted by Crippen LogP contribution is -2.24. The van der Waals surface area contributed by atoms with Crippen molar-refractivity contribution < 1.29 is 9.53 Å². The van der Waals surface area contributed by atoms with Gasteiger partial charge in [-0.05, 0) is 61.4 Å².